The lowest BCUT2D eigenvalue weighted by molar-refractivity contribution is -0.119. The average Bonchev–Trinajstić information content (AvgIpc) is 2.30. The third-order valence-corrected chi connectivity index (χ3v) is 2.69. The minimum absolute atomic E-state index is 0.291. The van der Waals surface area contributed by atoms with Gasteiger partial charge in [-0.3, -0.25) is 4.79 Å². The van der Waals surface area contributed by atoms with Crippen LogP contribution in [0.15, 0.2) is 18.2 Å². The molecule has 2 atom stereocenters. The Morgan fingerprint density at radius 1 is 1.39 bits per heavy atom. The quantitative estimate of drug-likeness (QED) is 0.758. The standard InChI is InChI=1S/C12H15FN2O3/c1-6(7(2)14)11(16)15-10-8(12(17)18)4-3-5-9(10)13/h3-7H,14H2,1-2H3,(H,15,16)(H,17,18). The number of nitrogens with two attached hydrogens (primary N) is 1. The number of anilines is 1. The number of rotatable bonds is 4. The number of nitrogens with one attached hydrogen (secondary N) is 1. The van der Waals surface area contributed by atoms with Crippen LogP contribution >= 0.6 is 0 Å². The first-order valence-electron chi connectivity index (χ1n) is 5.42. The number of amides is 1. The Balaban J connectivity index is 3.04. The summed E-state index contributed by atoms with van der Waals surface area (Å²) in [7, 11) is 0. The first-order chi connectivity index (χ1) is 8.34. The van der Waals surface area contributed by atoms with Crippen LogP contribution in [0, 0.1) is 11.7 Å². The van der Waals surface area contributed by atoms with Crippen LogP contribution in [0.3, 0.4) is 0 Å². The summed E-state index contributed by atoms with van der Waals surface area (Å²) >= 11 is 0. The van der Waals surface area contributed by atoms with Crippen molar-refractivity contribution in [3.05, 3.63) is 29.6 Å². The van der Waals surface area contributed by atoms with Gasteiger partial charge in [-0.2, -0.15) is 0 Å². The summed E-state index contributed by atoms with van der Waals surface area (Å²) in [5.74, 6) is -3.16. The Labute approximate surface area is 104 Å². The summed E-state index contributed by atoms with van der Waals surface area (Å²) < 4.78 is 13.5. The molecule has 0 saturated heterocycles. The van der Waals surface area contributed by atoms with Crippen molar-refractivity contribution in [2.24, 2.45) is 11.7 Å². The third kappa shape index (κ3) is 3.04. The molecule has 2 unspecified atom stereocenters. The van der Waals surface area contributed by atoms with E-state index in [1.54, 1.807) is 13.8 Å². The molecule has 0 aliphatic carbocycles. The largest absolute Gasteiger partial charge is 0.478 e. The Kier molecular flexibility index (Phi) is 4.38. The molecule has 0 saturated carbocycles. The number of halogens is 1. The molecule has 98 valence electrons. The van der Waals surface area contributed by atoms with Crippen LogP contribution in [0.4, 0.5) is 10.1 Å². The highest BCUT2D eigenvalue weighted by atomic mass is 19.1. The maximum absolute atomic E-state index is 13.5. The maximum Gasteiger partial charge on any atom is 0.337 e. The zero-order valence-corrected chi connectivity index (χ0v) is 10.1. The topological polar surface area (TPSA) is 92.4 Å². The van der Waals surface area contributed by atoms with Gasteiger partial charge in [-0.15, -0.1) is 0 Å². The van der Waals surface area contributed by atoms with Gasteiger partial charge in [0.1, 0.15) is 5.82 Å². The minimum Gasteiger partial charge on any atom is -0.478 e. The Bertz CT molecular complexity index is 474. The molecule has 1 aromatic rings. The van der Waals surface area contributed by atoms with Gasteiger partial charge in [0.2, 0.25) is 5.91 Å². The molecule has 0 radical (unpaired) electrons. The Hall–Kier alpha value is -1.95. The second-order valence-corrected chi connectivity index (χ2v) is 4.10. The molecule has 0 aliphatic rings. The normalized spacial score (nSPS) is 13.8. The first kappa shape index (κ1) is 14.1. The highest BCUT2D eigenvalue weighted by molar-refractivity contribution is 6.01. The molecule has 0 bridgehead atoms. The van der Waals surface area contributed by atoms with Gasteiger partial charge < -0.3 is 16.2 Å². The maximum atomic E-state index is 13.5. The monoisotopic (exact) mass is 254 g/mol. The molecule has 6 heteroatoms. The molecule has 0 aromatic heterocycles. The van der Waals surface area contributed by atoms with E-state index in [1.165, 1.54) is 12.1 Å². The SMILES string of the molecule is CC(N)C(C)C(=O)Nc1c(F)cccc1C(=O)O. The lowest BCUT2D eigenvalue weighted by atomic mass is 10.0. The van der Waals surface area contributed by atoms with E-state index in [-0.39, 0.29) is 11.3 Å². The number of carbonyl (C=O) groups is 2. The van der Waals surface area contributed by atoms with Crippen molar-refractivity contribution in [3.8, 4) is 0 Å². The number of hydrogen-bond acceptors (Lipinski definition) is 3. The predicted molar refractivity (Wildman–Crippen MR) is 64.8 cm³/mol. The van der Waals surface area contributed by atoms with Crippen molar-refractivity contribution < 1.29 is 19.1 Å². The summed E-state index contributed by atoms with van der Waals surface area (Å²) in [5, 5.41) is 11.2. The summed E-state index contributed by atoms with van der Waals surface area (Å²) in [4.78, 5) is 22.6. The summed E-state index contributed by atoms with van der Waals surface area (Å²) in [6.07, 6.45) is 0. The highest BCUT2D eigenvalue weighted by Gasteiger charge is 2.21. The summed E-state index contributed by atoms with van der Waals surface area (Å²) in [6.45, 7) is 3.23. The summed E-state index contributed by atoms with van der Waals surface area (Å²) in [6, 6.07) is 3.16. The molecular weight excluding hydrogens is 239 g/mol. The lowest BCUT2D eigenvalue weighted by Gasteiger charge is -2.16. The van der Waals surface area contributed by atoms with Crippen LogP contribution in [0.2, 0.25) is 0 Å². The zero-order chi connectivity index (χ0) is 13.9. The second kappa shape index (κ2) is 5.59. The average molecular weight is 254 g/mol. The number of aromatic carboxylic acids is 1. The van der Waals surface area contributed by atoms with E-state index >= 15 is 0 Å². The number of carbonyl (C=O) groups excluding carboxylic acids is 1. The van der Waals surface area contributed by atoms with Crippen LogP contribution in [-0.2, 0) is 4.79 Å². The number of carboxylic acid groups (broad SMARTS) is 1. The third-order valence-electron chi connectivity index (χ3n) is 2.69. The van der Waals surface area contributed by atoms with E-state index in [1.807, 2.05) is 0 Å². The number of carboxylic acids is 1. The molecule has 0 fully saturated rings. The van der Waals surface area contributed by atoms with Crippen molar-refractivity contribution in [2.75, 3.05) is 5.32 Å². The van der Waals surface area contributed by atoms with Gasteiger partial charge in [0.15, 0.2) is 0 Å². The molecule has 4 N–H and O–H groups in total. The van der Waals surface area contributed by atoms with Crippen molar-refractivity contribution in [3.63, 3.8) is 0 Å². The fraction of sp³-hybridized carbons (Fsp3) is 0.333. The predicted octanol–water partition coefficient (Wildman–Crippen LogP) is 1.45. The molecule has 0 aliphatic heterocycles. The van der Waals surface area contributed by atoms with E-state index in [0.717, 1.165) is 6.07 Å². The van der Waals surface area contributed by atoms with Gasteiger partial charge in [0.25, 0.3) is 0 Å². The van der Waals surface area contributed by atoms with E-state index < -0.39 is 29.7 Å². The van der Waals surface area contributed by atoms with Crippen LogP contribution in [0.5, 0.6) is 0 Å². The number of benzene rings is 1. The van der Waals surface area contributed by atoms with Gasteiger partial charge >= 0.3 is 5.97 Å². The van der Waals surface area contributed by atoms with Crippen molar-refractivity contribution >= 4 is 17.6 Å². The highest BCUT2D eigenvalue weighted by Crippen LogP contribution is 2.20. The molecule has 0 spiro atoms. The van der Waals surface area contributed by atoms with Crippen LogP contribution in [-0.4, -0.2) is 23.0 Å². The Morgan fingerprint density at radius 2 is 2.00 bits per heavy atom. The van der Waals surface area contributed by atoms with E-state index in [9.17, 15) is 14.0 Å². The molecule has 1 aromatic carbocycles. The van der Waals surface area contributed by atoms with E-state index in [0.29, 0.717) is 0 Å². The molecule has 5 nitrogen and oxygen atoms in total. The van der Waals surface area contributed by atoms with Gasteiger partial charge in [0, 0.05) is 6.04 Å². The fourth-order valence-corrected chi connectivity index (χ4v) is 1.31. The first-order valence-corrected chi connectivity index (χ1v) is 5.42. The van der Waals surface area contributed by atoms with Crippen LogP contribution < -0.4 is 11.1 Å². The number of hydrogen-bond donors (Lipinski definition) is 3. The minimum atomic E-state index is -1.31. The summed E-state index contributed by atoms with van der Waals surface area (Å²) in [5.41, 5.74) is 4.93. The zero-order valence-electron chi connectivity index (χ0n) is 10.1. The molecule has 1 amide bonds. The van der Waals surface area contributed by atoms with Gasteiger partial charge in [-0.05, 0) is 19.1 Å². The second-order valence-electron chi connectivity index (χ2n) is 4.10. The van der Waals surface area contributed by atoms with Gasteiger partial charge in [-0.1, -0.05) is 13.0 Å². The van der Waals surface area contributed by atoms with Crippen molar-refractivity contribution in [2.45, 2.75) is 19.9 Å². The van der Waals surface area contributed by atoms with E-state index in [4.69, 9.17) is 10.8 Å². The Morgan fingerprint density at radius 3 is 2.50 bits per heavy atom. The molecule has 1 rings (SSSR count). The number of para-hydroxylation sites is 1. The van der Waals surface area contributed by atoms with E-state index in [2.05, 4.69) is 5.32 Å². The molecular formula is C12H15FN2O3. The van der Waals surface area contributed by atoms with Gasteiger partial charge in [0.05, 0.1) is 17.2 Å². The van der Waals surface area contributed by atoms with Crippen molar-refractivity contribution in [1.29, 1.82) is 0 Å². The van der Waals surface area contributed by atoms with Crippen molar-refractivity contribution in [1.82, 2.24) is 0 Å². The van der Waals surface area contributed by atoms with Crippen LogP contribution in [0.1, 0.15) is 24.2 Å². The lowest BCUT2D eigenvalue weighted by Crippen LogP contribution is -2.34. The molecule has 18 heavy (non-hydrogen) atoms. The molecule has 0 heterocycles. The van der Waals surface area contributed by atoms with Gasteiger partial charge in [-0.25, -0.2) is 9.18 Å². The van der Waals surface area contributed by atoms with Crippen LogP contribution in [0.25, 0.3) is 0 Å². The fourth-order valence-electron chi connectivity index (χ4n) is 1.31. The smallest absolute Gasteiger partial charge is 0.337 e.